The van der Waals surface area contributed by atoms with Gasteiger partial charge in [0.25, 0.3) is 0 Å². The number of nitrogens with zero attached hydrogens (tertiary/aromatic N) is 1. The fourth-order valence-electron chi connectivity index (χ4n) is 2.78. The van der Waals surface area contributed by atoms with E-state index in [1.165, 1.54) is 0 Å². The van der Waals surface area contributed by atoms with Gasteiger partial charge in [-0.05, 0) is 32.2 Å². The third kappa shape index (κ3) is 3.26. The van der Waals surface area contributed by atoms with Gasteiger partial charge in [0.15, 0.2) is 0 Å². The van der Waals surface area contributed by atoms with Crippen LogP contribution in [0, 0.1) is 11.8 Å². The molecule has 0 bridgehead atoms. The molecule has 0 aliphatic carbocycles. The quantitative estimate of drug-likeness (QED) is 0.773. The molecule has 5 heteroatoms. The van der Waals surface area contributed by atoms with E-state index >= 15 is 0 Å². The summed E-state index contributed by atoms with van der Waals surface area (Å²) in [5.41, 5.74) is 0. The summed E-state index contributed by atoms with van der Waals surface area (Å²) in [7, 11) is 0. The summed E-state index contributed by atoms with van der Waals surface area (Å²) < 4.78 is 0. The van der Waals surface area contributed by atoms with Crippen molar-refractivity contribution in [2.45, 2.75) is 45.7 Å². The Labute approximate surface area is 115 Å². The van der Waals surface area contributed by atoms with E-state index in [0.717, 1.165) is 19.4 Å². The first-order chi connectivity index (χ1) is 8.99. The van der Waals surface area contributed by atoms with Gasteiger partial charge in [0, 0.05) is 18.6 Å². The number of piperidine rings is 1. The summed E-state index contributed by atoms with van der Waals surface area (Å²) >= 11 is 0. The maximum Gasteiger partial charge on any atom is 0.239 e. The Balaban J connectivity index is 1.86. The third-order valence-electron chi connectivity index (χ3n) is 4.35. The Kier molecular flexibility index (Phi) is 4.45. The van der Waals surface area contributed by atoms with Crippen LogP contribution in [0.1, 0.15) is 33.6 Å². The van der Waals surface area contributed by atoms with Crippen molar-refractivity contribution in [1.82, 2.24) is 15.5 Å². The highest BCUT2D eigenvalue weighted by molar-refractivity contribution is 5.88. The van der Waals surface area contributed by atoms with Crippen molar-refractivity contribution in [3.8, 4) is 0 Å². The van der Waals surface area contributed by atoms with Crippen LogP contribution in [0.4, 0.5) is 0 Å². The topological polar surface area (TPSA) is 61.4 Å². The number of fused-ring (bicyclic) bond motifs is 1. The Morgan fingerprint density at radius 1 is 1.47 bits per heavy atom. The van der Waals surface area contributed by atoms with Gasteiger partial charge in [-0.15, -0.1) is 0 Å². The number of hydrogen-bond donors (Lipinski definition) is 2. The van der Waals surface area contributed by atoms with Gasteiger partial charge in [-0.1, -0.05) is 13.8 Å². The van der Waals surface area contributed by atoms with Crippen molar-refractivity contribution in [1.29, 1.82) is 0 Å². The molecule has 19 heavy (non-hydrogen) atoms. The maximum absolute atomic E-state index is 12.2. The van der Waals surface area contributed by atoms with E-state index in [1.54, 1.807) is 4.90 Å². The molecule has 2 saturated heterocycles. The first kappa shape index (κ1) is 14.3. The molecule has 0 aromatic heterocycles. The molecule has 0 spiro atoms. The maximum atomic E-state index is 12.2. The first-order valence-corrected chi connectivity index (χ1v) is 7.30. The molecule has 108 valence electrons. The van der Waals surface area contributed by atoms with Crippen molar-refractivity contribution in [3.05, 3.63) is 0 Å². The third-order valence-corrected chi connectivity index (χ3v) is 4.35. The molecule has 2 fully saturated rings. The molecular weight excluding hydrogens is 242 g/mol. The van der Waals surface area contributed by atoms with E-state index in [4.69, 9.17) is 0 Å². The summed E-state index contributed by atoms with van der Waals surface area (Å²) in [6.07, 6.45) is 2.01. The molecule has 2 heterocycles. The summed E-state index contributed by atoms with van der Waals surface area (Å²) in [6, 6.07) is 0.391. The lowest BCUT2D eigenvalue weighted by Gasteiger charge is -2.23. The Bertz CT molecular complexity index is 357. The van der Waals surface area contributed by atoms with E-state index in [-0.39, 0.29) is 36.4 Å². The number of likely N-dealkylation sites (tertiary alicyclic amines) is 1. The molecule has 2 aliphatic rings. The lowest BCUT2D eigenvalue weighted by Crippen LogP contribution is -2.44. The van der Waals surface area contributed by atoms with E-state index in [9.17, 15) is 9.59 Å². The predicted octanol–water partition coefficient (Wildman–Crippen LogP) is 0.358. The zero-order valence-corrected chi connectivity index (χ0v) is 12.1. The number of carbonyl (C=O) groups is 2. The second-order valence-electron chi connectivity index (χ2n) is 6.13. The Morgan fingerprint density at radius 2 is 2.21 bits per heavy atom. The smallest absolute Gasteiger partial charge is 0.239 e. The first-order valence-electron chi connectivity index (χ1n) is 7.30. The molecule has 2 N–H and O–H groups in total. The lowest BCUT2D eigenvalue weighted by atomic mass is 9.94. The van der Waals surface area contributed by atoms with E-state index in [1.807, 2.05) is 6.92 Å². The monoisotopic (exact) mass is 267 g/mol. The summed E-state index contributed by atoms with van der Waals surface area (Å²) in [4.78, 5) is 25.8. The average Bonchev–Trinajstić information content (AvgIpc) is 2.66. The molecule has 2 amide bonds. The van der Waals surface area contributed by atoms with Crippen LogP contribution >= 0.6 is 0 Å². The number of rotatable bonds is 4. The van der Waals surface area contributed by atoms with Crippen LogP contribution in [0.2, 0.25) is 0 Å². The van der Waals surface area contributed by atoms with Crippen LogP contribution in [-0.4, -0.2) is 48.4 Å². The van der Waals surface area contributed by atoms with Crippen LogP contribution in [0.3, 0.4) is 0 Å². The number of hydrogen-bond acceptors (Lipinski definition) is 3. The number of carbonyl (C=O) groups excluding carboxylic acids is 2. The molecule has 0 saturated carbocycles. The van der Waals surface area contributed by atoms with E-state index < -0.39 is 0 Å². The van der Waals surface area contributed by atoms with Gasteiger partial charge in [-0.25, -0.2) is 0 Å². The van der Waals surface area contributed by atoms with Crippen LogP contribution in [0.5, 0.6) is 0 Å². The van der Waals surface area contributed by atoms with Crippen LogP contribution < -0.4 is 10.6 Å². The Morgan fingerprint density at radius 3 is 2.84 bits per heavy atom. The molecular formula is C14H25N3O2. The van der Waals surface area contributed by atoms with Crippen LogP contribution in [0.25, 0.3) is 0 Å². The van der Waals surface area contributed by atoms with Crippen molar-refractivity contribution in [2.24, 2.45) is 11.8 Å². The largest absolute Gasteiger partial charge is 0.352 e. The lowest BCUT2D eigenvalue weighted by molar-refractivity contribution is -0.135. The summed E-state index contributed by atoms with van der Waals surface area (Å²) in [6.45, 7) is 8.00. The minimum atomic E-state index is -0.0480. The highest BCUT2D eigenvalue weighted by Crippen LogP contribution is 2.25. The van der Waals surface area contributed by atoms with E-state index in [0.29, 0.717) is 12.5 Å². The SMILES string of the molecule is CC(C)C(C)NC(=O)CN1CC2NCCCC2C1=O. The van der Waals surface area contributed by atoms with Gasteiger partial charge >= 0.3 is 0 Å². The van der Waals surface area contributed by atoms with Gasteiger partial charge in [-0.2, -0.15) is 0 Å². The minimum absolute atomic E-state index is 0.0480. The molecule has 0 aromatic carbocycles. The van der Waals surface area contributed by atoms with Crippen molar-refractivity contribution < 1.29 is 9.59 Å². The van der Waals surface area contributed by atoms with Crippen molar-refractivity contribution >= 4 is 11.8 Å². The Hall–Kier alpha value is -1.10. The summed E-state index contributed by atoms with van der Waals surface area (Å²) in [5.74, 6) is 0.587. The van der Waals surface area contributed by atoms with Crippen LogP contribution in [-0.2, 0) is 9.59 Å². The zero-order chi connectivity index (χ0) is 14.0. The van der Waals surface area contributed by atoms with Crippen LogP contribution in [0.15, 0.2) is 0 Å². The average molecular weight is 267 g/mol. The van der Waals surface area contributed by atoms with Gasteiger partial charge in [-0.3, -0.25) is 9.59 Å². The highest BCUT2D eigenvalue weighted by Gasteiger charge is 2.41. The van der Waals surface area contributed by atoms with Gasteiger partial charge in [0.1, 0.15) is 0 Å². The van der Waals surface area contributed by atoms with Gasteiger partial charge in [0.2, 0.25) is 11.8 Å². The number of nitrogens with one attached hydrogen (secondary N) is 2. The molecule has 3 atom stereocenters. The van der Waals surface area contributed by atoms with Crippen molar-refractivity contribution in [2.75, 3.05) is 19.6 Å². The predicted molar refractivity (Wildman–Crippen MR) is 73.5 cm³/mol. The normalized spacial score (nSPS) is 28.4. The fourth-order valence-corrected chi connectivity index (χ4v) is 2.78. The second-order valence-corrected chi connectivity index (χ2v) is 6.13. The minimum Gasteiger partial charge on any atom is -0.352 e. The molecule has 0 aromatic rings. The molecule has 0 radical (unpaired) electrons. The standard InChI is InChI=1S/C14H25N3O2/c1-9(2)10(3)16-13(18)8-17-7-12-11(14(17)19)5-4-6-15-12/h9-12,15H,4-8H2,1-3H3,(H,16,18). The molecule has 2 aliphatic heterocycles. The molecule has 5 nitrogen and oxygen atoms in total. The number of amides is 2. The van der Waals surface area contributed by atoms with Gasteiger partial charge in [0.05, 0.1) is 12.5 Å². The van der Waals surface area contributed by atoms with E-state index in [2.05, 4.69) is 24.5 Å². The summed E-state index contributed by atoms with van der Waals surface area (Å²) in [5, 5.41) is 6.33. The zero-order valence-electron chi connectivity index (χ0n) is 12.1. The second kappa shape index (κ2) is 5.90. The molecule has 2 rings (SSSR count). The fraction of sp³-hybridized carbons (Fsp3) is 0.857. The highest BCUT2D eigenvalue weighted by atomic mass is 16.2. The molecule has 3 unspecified atom stereocenters. The van der Waals surface area contributed by atoms with Gasteiger partial charge < -0.3 is 15.5 Å². The van der Waals surface area contributed by atoms with Crippen molar-refractivity contribution in [3.63, 3.8) is 0 Å².